The summed E-state index contributed by atoms with van der Waals surface area (Å²) < 4.78 is 5.54. The van der Waals surface area contributed by atoms with Gasteiger partial charge in [-0.2, -0.15) is 0 Å². The van der Waals surface area contributed by atoms with Crippen molar-refractivity contribution in [1.29, 1.82) is 0 Å². The molecule has 1 aromatic rings. The molecule has 0 saturated heterocycles. The van der Waals surface area contributed by atoms with Crippen molar-refractivity contribution in [2.24, 2.45) is 5.84 Å². The summed E-state index contributed by atoms with van der Waals surface area (Å²) in [4.78, 5) is 24.9. The zero-order valence-corrected chi connectivity index (χ0v) is 12.2. The molecule has 4 N–H and O–H groups in total. The predicted octanol–water partition coefficient (Wildman–Crippen LogP) is 0.150. The van der Waals surface area contributed by atoms with Crippen LogP contribution in [0.4, 0.5) is 0 Å². The Kier molecular flexibility index (Phi) is 6.20. The quantitative estimate of drug-likeness (QED) is 0.375. The third-order valence-electron chi connectivity index (χ3n) is 2.91. The molecule has 2 amide bonds. The number of amides is 2. The Bertz CT molecular complexity index is 470. The number of carbonyl (C=O) groups is 2. The van der Waals surface area contributed by atoms with Gasteiger partial charge in [-0.25, -0.2) is 5.84 Å². The number of rotatable bonds is 7. The number of nitrogens with zero attached hydrogens (tertiary/aromatic N) is 1. The molecule has 0 aliphatic carbocycles. The van der Waals surface area contributed by atoms with Gasteiger partial charge in [0.1, 0.15) is 11.5 Å². The second-order valence-electron chi connectivity index (χ2n) is 4.54. The number of nitrogens with two attached hydrogens (primary N) is 1. The second-order valence-corrected chi connectivity index (χ2v) is 4.54. The molecule has 0 bridgehead atoms. The van der Waals surface area contributed by atoms with Gasteiger partial charge in [0, 0.05) is 7.05 Å². The molecule has 0 aliphatic heterocycles. The highest BCUT2D eigenvalue weighted by atomic mass is 16.3. The number of nitrogen functional groups attached to an aromatic ring is 1. The molecule has 0 fully saturated rings. The molecule has 0 saturated carbocycles. The summed E-state index contributed by atoms with van der Waals surface area (Å²) in [6.07, 6.45) is 0.923. The lowest BCUT2D eigenvalue weighted by Crippen LogP contribution is -2.35. The molecular weight excluding hydrogens is 260 g/mol. The summed E-state index contributed by atoms with van der Waals surface area (Å²) >= 11 is 0. The molecule has 7 nitrogen and oxygen atoms in total. The lowest BCUT2D eigenvalue weighted by molar-refractivity contribution is -0.121. The summed E-state index contributed by atoms with van der Waals surface area (Å²) in [5.74, 6) is 5.82. The first-order chi connectivity index (χ1) is 9.51. The summed E-state index contributed by atoms with van der Waals surface area (Å²) in [6.45, 7) is 5.28. The van der Waals surface area contributed by atoms with E-state index in [0.717, 1.165) is 13.0 Å². The van der Waals surface area contributed by atoms with Gasteiger partial charge in [-0.1, -0.05) is 6.92 Å². The molecule has 112 valence electrons. The van der Waals surface area contributed by atoms with Crippen LogP contribution in [0.3, 0.4) is 0 Å². The molecule has 0 aromatic carbocycles. The molecule has 0 radical (unpaired) electrons. The average Bonchev–Trinajstić information content (AvgIpc) is 2.78. The van der Waals surface area contributed by atoms with Crippen molar-refractivity contribution < 1.29 is 14.0 Å². The molecule has 0 unspecified atom stereocenters. The molecule has 0 spiro atoms. The van der Waals surface area contributed by atoms with Crippen LogP contribution in [0.25, 0.3) is 0 Å². The number of hydrogen-bond donors (Lipinski definition) is 3. The van der Waals surface area contributed by atoms with Gasteiger partial charge in [0.05, 0.1) is 18.7 Å². The summed E-state index contributed by atoms with van der Waals surface area (Å²) in [7, 11) is 1.60. The number of carbonyl (C=O) groups excluding carboxylic acids is 2. The fraction of sp³-hybridized carbons (Fsp3) is 0.538. The van der Waals surface area contributed by atoms with Gasteiger partial charge < -0.3 is 9.73 Å². The normalized spacial score (nSPS) is 10.7. The van der Waals surface area contributed by atoms with Crippen molar-refractivity contribution in [1.82, 2.24) is 15.6 Å². The van der Waals surface area contributed by atoms with Gasteiger partial charge >= 0.3 is 0 Å². The molecule has 0 atom stereocenters. The molecule has 1 heterocycles. The van der Waals surface area contributed by atoms with Crippen LogP contribution in [0.2, 0.25) is 0 Å². The van der Waals surface area contributed by atoms with E-state index in [-0.39, 0.29) is 11.8 Å². The van der Waals surface area contributed by atoms with Gasteiger partial charge in [0.2, 0.25) is 5.91 Å². The number of hydrogen-bond acceptors (Lipinski definition) is 5. The lowest BCUT2D eigenvalue weighted by atomic mass is 10.2. The van der Waals surface area contributed by atoms with E-state index < -0.39 is 0 Å². The fourth-order valence-electron chi connectivity index (χ4n) is 1.96. The van der Waals surface area contributed by atoms with Crippen LogP contribution in [0.5, 0.6) is 0 Å². The van der Waals surface area contributed by atoms with Gasteiger partial charge in [-0.05, 0) is 26.0 Å². The van der Waals surface area contributed by atoms with Crippen molar-refractivity contribution in [3.05, 3.63) is 23.2 Å². The van der Waals surface area contributed by atoms with Crippen molar-refractivity contribution in [3.8, 4) is 0 Å². The van der Waals surface area contributed by atoms with E-state index in [1.54, 1.807) is 20.0 Å². The zero-order valence-electron chi connectivity index (χ0n) is 12.2. The Balaban J connectivity index is 2.78. The minimum atomic E-state index is -0.383. The van der Waals surface area contributed by atoms with Gasteiger partial charge in [0.15, 0.2) is 0 Å². The molecular formula is C13H22N4O3. The average molecular weight is 282 g/mol. The summed E-state index contributed by atoms with van der Waals surface area (Å²) in [6, 6.07) is 1.66. The van der Waals surface area contributed by atoms with Crippen molar-refractivity contribution in [2.75, 3.05) is 20.1 Å². The van der Waals surface area contributed by atoms with E-state index in [4.69, 9.17) is 10.3 Å². The van der Waals surface area contributed by atoms with Crippen LogP contribution in [0.15, 0.2) is 10.5 Å². The SMILES string of the molecule is CCCN(CC(=O)NC)Cc1cc(C(=O)NN)c(C)o1. The number of nitrogens with one attached hydrogen (secondary N) is 2. The highest BCUT2D eigenvalue weighted by Gasteiger charge is 2.17. The third-order valence-corrected chi connectivity index (χ3v) is 2.91. The van der Waals surface area contributed by atoms with Crippen LogP contribution in [0, 0.1) is 6.92 Å². The minimum absolute atomic E-state index is 0.0540. The van der Waals surface area contributed by atoms with Gasteiger partial charge in [0.25, 0.3) is 5.91 Å². The van der Waals surface area contributed by atoms with E-state index >= 15 is 0 Å². The molecule has 20 heavy (non-hydrogen) atoms. The topological polar surface area (TPSA) is 101 Å². The Hall–Kier alpha value is -1.86. The number of hydrazine groups is 1. The number of likely N-dealkylation sites (N-methyl/N-ethyl adjacent to an activating group) is 1. The Morgan fingerprint density at radius 3 is 2.70 bits per heavy atom. The Morgan fingerprint density at radius 1 is 1.45 bits per heavy atom. The standard InChI is InChI=1S/C13H22N4O3/c1-4-5-17(8-12(18)15-3)7-10-6-11(9(2)20-10)13(19)16-14/h6H,4-5,7-8,14H2,1-3H3,(H,15,18)(H,16,19). The van der Waals surface area contributed by atoms with Crippen molar-refractivity contribution >= 4 is 11.8 Å². The van der Waals surface area contributed by atoms with E-state index in [0.29, 0.717) is 30.2 Å². The van der Waals surface area contributed by atoms with Crippen LogP contribution >= 0.6 is 0 Å². The van der Waals surface area contributed by atoms with Crippen molar-refractivity contribution in [3.63, 3.8) is 0 Å². The molecule has 1 rings (SSSR count). The van der Waals surface area contributed by atoms with Crippen LogP contribution < -0.4 is 16.6 Å². The second kappa shape index (κ2) is 7.66. The number of furan rings is 1. The first kappa shape index (κ1) is 16.2. The molecule has 1 aromatic heterocycles. The van der Waals surface area contributed by atoms with Gasteiger partial charge in [-0.15, -0.1) is 0 Å². The lowest BCUT2D eigenvalue weighted by Gasteiger charge is -2.19. The summed E-state index contributed by atoms with van der Waals surface area (Å²) in [5.41, 5.74) is 2.49. The van der Waals surface area contributed by atoms with E-state index in [2.05, 4.69) is 10.7 Å². The largest absolute Gasteiger partial charge is 0.464 e. The Labute approximate surface area is 118 Å². The zero-order chi connectivity index (χ0) is 15.1. The van der Waals surface area contributed by atoms with E-state index in [1.807, 2.05) is 11.8 Å². The molecule has 0 aliphatic rings. The molecule has 7 heteroatoms. The maximum atomic E-state index is 11.5. The summed E-state index contributed by atoms with van der Waals surface area (Å²) in [5, 5.41) is 2.59. The maximum absolute atomic E-state index is 11.5. The highest BCUT2D eigenvalue weighted by molar-refractivity contribution is 5.94. The van der Waals surface area contributed by atoms with E-state index in [9.17, 15) is 9.59 Å². The fourth-order valence-corrected chi connectivity index (χ4v) is 1.96. The minimum Gasteiger partial charge on any atom is -0.464 e. The first-order valence-electron chi connectivity index (χ1n) is 6.55. The first-order valence-corrected chi connectivity index (χ1v) is 6.55. The highest BCUT2D eigenvalue weighted by Crippen LogP contribution is 2.16. The van der Waals surface area contributed by atoms with Crippen LogP contribution in [0.1, 0.15) is 35.2 Å². The Morgan fingerprint density at radius 2 is 2.15 bits per heavy atom. The van der Waals surface area contributed by atoms with E-state index in [1.165, 1.54) is 0 Å². The van der Waals surface area contributed by atoms with Gasteiger partial charge in [-0.3, -0.25) is 19.9 Å². The van der Waals surface area contributed by atoms with Crippen LogP contribution in [-0.2, 0) is 11.3 Å². The smallest absolute Gasteiger partial charge is 0.268 e. The van der Waals surface area contributed by atoms with Crippen LogP contribution in [-0.4, -0.2) is 36.9 Å². The third kappa shape index (κ3) is 4.36. The van der Waals surface area contributed by atoms with Crippen molar-refractivity contribution in [2.45, 2.75) is 26.8 Å². The maximum Gasteiger partial charge on any atom is 0.268 e. The monoisotopic (exact) mass is 282 g/mol. The predicted molar refractivity (Wildman–Crippen MR) is 74.7 cm³/mol. The number of aryl methyl sites for hydroxylation is 1.